The second-order valence-electron chi connectivity index (χ2n) is 7.57. The minimum Gasteiger partial charge on any atom is -0.491 e. The highest BCUT2D eigenvalue weighted by Crippen LogP contribution is 2.20. The van der Waals surface area contributed by atoms with E-state index in [2.05, 4.69) is 33.8 Å². The zero-order valence-corrected chi connectivity index (χ0v) is 18.6. The van der Waals surface area contributed by atoms with Crippen molar-refractivity contribution in [2.75, 3.05) is 40.5 Å². The Labute approximate surface area is 184 Å². The molecule has 166 valence electrons. The van der Waals surface area contributed by atoms with Crippen LogP contribution in [0.5, 0.6) is 5.75 Å². The first-order valence-corrected chi connectivity index (χ1v) is 10.6. The van der Waals surface area contributed by atoms with Crippen LogP contribution in [0.25, 0.3) is 0 Å². The van der Waals surface area contributed by atoms with Gasteiger partial charge in [-0.15, -0.1) is 0 Å². The van der Waals surface area contributed by atoms with Gasteiger partial charge in [-0.25, -0.2) is 0 Å². The van der Waals surface area contributed by atoms with Crippen LogP contribution in [0.15, 0.2) is 47.5 Å². The number of nitrogens with one attached hydrogen (secondary N) is 2. The topological polar surface area (TPSA) is 75.2 Å². The van der Waals surface area contributed by atoms with Gasteiger partial charge < -0.3 is 25.0 Å². The van der Waals surface area contributed by atoms with Gasteiger partial charge in [0.05, 0.1) is 13.2 Å². The summed E-state index contributed by atoms with van der Waals surface area (Å²) < 4.78 is 10.9. The average molecular weight is 425 g/mol. The van der Waals surface area contributed by atoms with E-state index < -0.39 is 0 Å². The molecule has 31 heavy (non-hydrogen) atoms. The minimum absolute atomic E-state index is 0.0661. The number of methoxy groups -OCH3 is 1. The van der Waals surface area contributed by atoms with Crippen LogP contribution in [0.1, 0.15) is 22.3 Å². The quantitative estimate of drug-likeness (QED) is 0.386. The molecule has 3 rings (SSSR count). The minimum atomic E-state index is 0.0661. The second-order valence-corrected chi connectivity index (χ2v) is 7.57. The van der Waals surface area contributed by atoms with Crippen molar-refractivity contribution in [1.29, 1.82) is 0 Å². The number of rotatable bonds is 8. The second kappa shape index (κ2) is 11.4. The molecule has 0 radical (unpaired) electrons. The lowest BCUT2D eigenvalue weighted by molar-refractivity contribution is -0.130. The van der Waals surface area contributed by atoms with E-state index in [0.717, 1.165) is 29.8 Å². The third-order valence-electron chi connectivity index (χ3n) is 5.33. The van der Waals surface area contributed by atoms with Crippen molar-refractivity contribution in [3.05, 3.63) is 64.7 Å². The molecule has 0 saturated carbocycles. The van der Waals surface area contributed by atoms with E-state index in [0.29, 0.717) is 32.3 Å². The van der Waals surface area contributed by atoms with Crippen LogP contribution >= 0.6 is 0 Å². The molecule has 1 heterocycles. The maximum Gasteiger partial charge on any atom is 0.242 e. The molecule has 7 nitrogen and oxygen atoms in total. The highest BCUT2D eigenvalue weighted by molar-refractivity contribution is 5.86. The Kier molecular flexibility index (Phi) is 8.29. The van der Waals surface area contributed by atoms with Crippen molar-refractivity contribution in [3.63, 3.8) is 0 Å². The van der Waals surface area contributed by atoms with Crippen LogP contribution in [0.3, 0.4) is 0 Å². The number of ether oxygens (including phenoxy) is 2. The van der Waals surface area contributed by atoms with Gasteiger partial charge in [-0.3, -0.25) is 9.79 Å². The van der Waals surface area contributed by atoms with Gasteiger partial charge in [-0.1, -0.05) is 36.4 Å². The molecule has 0 saturated heterocycles. The Balaban J connectivity index is 1.51. The first kappa shape index (κ1) is 22.6. The maximum absolute atomic E-state index is 12.7. The molecule has 0 unspecified atom stereocenters. The highest BCUT2D eigenvalue weighted by Gasteiger charge is 2.20. The summed E-state index contributed by atoms with van der Waals surface area (Å²) >= 11 is 0. The summed E-state index contributed by atoms with van der Waals surface area (Å²) in [6.45, 7) is 5.20. The van der Waals surface area contributed by atoms with Crippen LogP contribution in [0.4, 0.5) is 0 Å². The third kappa shape index (κ3) is 6.46. The lowest BCUT2D eigenvalue weighted by Crippen LogP contribution is -2.45. The lowest BCUT2D eigenvalue weighted by Gasteiger charge is -2.29. The van der Waals surface area contributed by atoms with Gasteiger partial charge in [0, 0.05) is 39.4 Å². The third-order valence-corrected chi connectivity index (χ3v) is 5.33. The van der Waals surface area contributed by atoms with Gasteiger partial charge in [0.15, 0.2) is 5.96 Å². The van der Waals surface area contributed by atoms with Gasteiger partial charge in [0.1, 0.15) is 12.4 Å². The van der Waals surface area contributed by atoms with Gasteiger partial charge in [0.2, 0.25) is 5.91 Å². The van der Waals surface area contributed by atoms with E-state index in [1.807, 2.05) is 36.1 Å². The molecule has 1 amide bonds. The van der Waals surface area contributed by atoms with E-state index in [1.54, 1.807) is 14.2 Å². The highest BCUT2D eigenvalue weighted by atomic mass is 16.5. The largest absolute Gasteiger partial charge is 0.491 e. The van der Waals surface area contributed by atoms with Crippen molar-refractivity contribution >= 4 is 11.9 Å². The number of guanidine groups is 1. The van der Waals surface area contributed by atoms with E-state index in [9.17, 15) is 4.79 Å². The monoisotopic (exact) mass is 424 g/mol. The molecular formula is C24H32N4O3. The summed E-state index contributed by atoms with van der Waals surface area (Å²) in [7, 11) is 3.35. The fourth-order valence-corrected chi connectivity index (χ4v) is 3.56. The van der Waals surface area contributed by atoms with Crippen LogP contribution < -0.4 is 15.4 Å². The molecule has 1 aliphatic heterocycles. The first-order chi connectivity index (χ1) is 15.1. The average Bonchev–Trinajstić information content (AvgIpc) is 2.80. The molecule has 2 aromatic rings. The smallest absolute Gasteiger partial charge is 0.242 e. The number of aryl methyl sites for hydroxylation is 1. The van der Waals surface area contributed by atoms with E-state index in [-0.39, 0.29) is 12.5 Å². The Hall–Kier alpha value is -3.06. The molecule has 0 fully saturated rings. The van der Waals surface area contributed by atoms with E-state index in [1.165, 1.54) is 11.1 Å². The van der Waals surface area contributed by atoms with Gasteiger partial charge in [0.25, 0.3) is 0 Å². The number of hydrogen-bond donors (Lipinski definition) is 2. The molecule has 0 aromatic heterocycles. The number of amides is 1. The van der Waals surface area contributed by atoms with Crippen molar-refractivity contribution < 1.29 is 14.3 Å². The zero-order valence-electron chi connectivity index (χ0n) is 18.6. The molecule has 0 spiro atoms. The summed E-state index contributed by atoms with van der Waals surface area (Å²) in [5.74, 6) is 1.47. The predicted octanol–water partition coefficient (Wildman–Crippen LogP) is 2.27. The molecule has 2 N–H and O–H groups in total. The zero-order chi connectivity index (χ0) is 22.1. The molecule has 1 aliphatic rings. The summed E-state index contributed by atoms with van der Waals surface area (Å²) in [6.07, 6.45) is 0.897. The van der Waals surface area contributed by atoms with Crippen LogP contribution in [-0.4, -0.2) is 57.2 Å². The molecule has 0 aliphatic carbocycles. The standard InChI is InChI=1S/C24H32N4O3/c1-18-8-9-20(22(14-18)31-13-12-30-3)15-26-24(25-2)27-16-23(29)28-11-10-19-6-4-5-7-21(19)17-28/h4-9,14H,10-13,15-17H2,1-3H3,(H2,25,26,27). The number of hydrogen-bond acceptors (Lipinski definition) is 4. The van der Waals surface area contributed by atoms with Crippen molar-refractivity contribution in [3.8, 4) is 5.75 Å². The fraction of sp³-hybridized carbons (Fsp3) is 0.417. The molecular weight excluding hydrogens is 392 g/mol. The summed E-state index contributed by atoms with van der Waals surface area (Å²) in [5.41, 5.74) is 4.71. The van der Waals surface area contributed by atoms with E-state index in [4.69, 9.17) is 9.47 Å². The number of nitrogens with zero attached hydrogens (tertiary/aromatic N) is 2. The summed E-state index contributed by atoms with van der Waals surface area (Å²) in [6, 6.07) is 14.4. The molecule has 0 atom stereocenters. The van der Waals surface area contributed by atoms with E-state index >= 15 is 0 Å². The Morgan fingerprint density at radius 3 is 2.71 bits per heavy atom. The maximum atomic E-state index is 12.7. The van der Waals surface area contributed by atoms with Gasteiger partial charge in [-0.2, -0.15) is 0 Å². The first-order valence-electron chi connectivity index (χ1n) is 10.6. The molecule has 7 heteroatoms. The fourth-order valence-electron chi connectivity index (χ4n) is 3.56. The van der Waals surface area contributed by atoms with Crippen LogP contribution in [0, 0.1) is 6.92 Å². The van der Waals surface area contributed by atoms with Gasteiger partial charge in [-0.05, 0) is 36.1 Å². The van der Waals surface area contributed by atoms with Crippen molar-refractivity contribution in [2.45, 2.75) is 26.4 Å². The number of aliphatic imine (C=N–C) groups is 1. The summed E-state index contributed by atoms with van der Waals surface area (Å²) in [4.78, 5) is 18.8. The van der Waals surface area contributed by atoms with Gasteiger partial charge >= 0.3 is 0 Å². The van der Waals surface area contributed by atoms with Crippen LogP contribution in [-0.2, 0) is 29.0 Å². The lowest BCUT2D eigenvalue weighted by atomic mass is 10.00. The number of fused-ring (bicyclic) bond motifs is 1. The Morgan fingerprint density at radius 2 is 1.94 bits per heavy atom. The summed E-state index contributed by atoms with van der Waals surface area (Å²) in [5, 5.41) is 6.40. The van der Waals surface area contributed by atoms with Crippen LogP contribution in [0.2, 0.25) is 0 Å². The Morgan fingerprint density at radius 1 is 1.13 bits per heavy atom. The number of carbonyl (C=O) groups is 1. The normalized spacial score (nSPS) is 13.5. The number of benzene rings is 2. The SMILES string of the molecule is CN=C(NCC(=O)N1CCc2ccccc2C1)NCc1ccc(C)cc1OCCOC. The van der Waals surface area contributed by atoms with Crippen molar-refractivity contribution in [1.82, 2.24) is 15.5 Å². The molecule has 0 bridgehead atoms. The predicted molar refractivity (Wildman–Crippen MR) is 122 cm³/mol. The number of carbonyl (C=O) groups excluding carboxylic acids is 1. The molecule has 2 aromatic carbocycles. The Bertz CT molecular complexity index is 913. The van der Waals surface area contributed by atoms with Crippen molar-refractivity contribution in [2.24, 2.45) is 4.99 Å².